The number of aliphatic hydroxyl groups is 1. The number of carbonyl (C=O) groups excluding carboxylic acids is 1. The molecule has 1 N–H and O–H groups in total. The van der Waals surface area contributed by atoms with Gasteiger partial charge in [-0.05, 0) is 11.6 Å². The third kappa shape index (κ3) is 1.15. The Balaban J connectivity index is 2.84. The molecule has 1 aliphatic carbocycles. The summed E-state index contributed by atoms with van der Waals surface area (Å²) in [5.41, 5.74) is 7.94. The molecule has 5 heteroatoms. The lowest BCUT2D eigenvalue weighted by molar-refractivity contribution is -0.115. The molecule has 1 atom stereocenters. The lowest BCUT2D eigenvalue weighted by Gasteiger charge is -1.88. The molecular weight excluding hydrogens is 134 g/mol. The van der Waals surface area contributed by atoms with E-state index in [4.69, 9.17) is 10.6 Å². The number of hydrogen-bond donors (Lipinski definition) is 1. The van der Waals surface area contributed by atoms with E-state index in [0.29, 0.717) is 0 Å². The van der Waals surface area contributed by atoms with Gasteiger partial charge in [0, 0.05) is 11.3 Å². The van der Waals surface area contributed by atoms with Gasteiger partial charge in [0.1, 0.15) is 0 Å². The summed E-state index contributed by atoms with van der Waals surface area (Å²) in [4.78, 5) is 13.1. The summed E-state index contributed by atoms with van der Waals surface area (Å²) in [6.07, 6.45) is 0.518. The predicted molar refractivity (Wildman–Crippen MR) is 32.9 cm³/mol. The molecule has 5 nitrogen and oxygen atoms in total. The van der Waals surface area contributed by atoms with Gasteiger partial charge in [-0.3, -0.25) is 4.79 Å². The van der Waals surface area contributed by atoms with Crippen LogP contribution in [-0.4, -0.2) is 17.0 Å². The number of carbonyl (C=O) groups is 1. The van der Waals surface area contributed by atoms with E-state index in [1.165, 1.54) is 6.08 Å². The third-order valence-corrected chi connectivity index (χ3v) is 1.18. The van der Waals surface area contributed by atoms with Crippen LogP contribution in [0.15, 0.2) is 16.9 Å². The molecule has 0 aromatic rings. The van der Waals surface area contributed by atoms with Gasteiger partial charge in [0.15, 0.2) is 5.78 Å². The standard InChI is InChI=1S/C5H5N3O2/c6-8-7-4-1-3(9)2-5(4)10/h1,3,9H,2H2/t3-/m0/s1. The minimum atomic E-state index is -0.770. The van der Waals surface area contributed by atoms with E-state index in [1.54, 1.807) is 0 Å². The number of nitrogens with zero attached hydrogens (tertiary/aromatic N) is 3. The molecule has 0 heterocycles. The zero-order chi connectivity index (χ0) is 7.56. The summed E-state index contributed by atoms with van der Waals surface area (Å²) in [6.45, 7) is 0. The van der Waals surface area contributed by atoms with Gasteiger partial charge >= 0.3 is 0 Å². The zero-order valence-electron chi connectivity index (χ0n) is 5.06. The molecule has 0 amide bonds. The van der Waals surface area contributed by atoms with Crippen molar-refractivity contribution >= 4 is 5.78 Å². The Morgan fingerprint density at radius 1 is 1.90 bits per heavy atom. The monoisotopic (exact) mass is 139 g/mol. The molecule has 0 fully saturated rings. The Morgan fingerprint density at radius 3 is 3.00 bits per heavy atom. The van der Waals surface area contributed by atoms with Crippen LogP contribution in [0.3, 0.4) is 0 Å². The van der Waals surface area contributed by atoms with Crippen LogP contribution in [0.25, 0.3) is 10.4 Å². The van der Waals surface area contributed by atoms with Crippen LogP contribution < -0.4 is 0 Å². The normalized spacial score (nSPS) is 23.9. The van der Waals surface area contributed by atoms with Crippen LogP contribution in [0.4, 0.5) is 0 Å². The van der Waals surface area contributed by atoms with Crippen molar-refractivity contribution in [3.63, 3.8) is 0 Å². The smallest absolute Gasteiger partial charge is 0.167 e. The third-order valence-electron chi connectivity index (χ3n) is 1.18. The number of hydrogen-bond acceptors (Lipinski definition) is 3. The SMILES string of the molecule is [N-]=[N+]=NC1=C[C@H](O)CC1=O. The maximum absolute atomic E-state index is 10.7. The maximum atomic E-state index is 10.7. The average Bonchev–Trinajstić information content (AvgIpc) is 2.13. The number of rotatable bonds is 1. The van der Waals surface area contributed by atoms with Crippen molar-refractivity contribution in [1.82, 2.24) is 0 Å². The number of azide groups is 1. The van der Waals surface area contributed by atoms with Crippen LogP contribution >= 0.6 is 0 Å². The Morgan fingerprint density at radius 2 is 2.60 bits per heavy atom. The molecule has 0 saturated carbocycles. The first-order chi connectivity index (χ1) is 4.74. The number of aliphatic hydroxyl groups excluding tert-OH is 1. The zero-order valence-corrected chi connectivity index (χ0v) is 5.06. The Hall–Kier alpha value is -1.32. The Labute approximate surface area is 56.6 Å². The van der Waals surface area contributed by atoms with E-state index in [2.05, 4.69) is 10.0 Å². The van der Waals surface area contributed by atoms with Gasteiger partial charge in [0.25, 0.3) is 0 Å². The second-order valence-electron chi connectivity index (χ2n) is 1.94. The van der Waals surface area contributed by atoms with Crippen molar-refractivity contribution in [3.05, 3.63) is 22.2 Å². The van der Waals surface area contributed by atoms with E-state index in [-0.39, 0.29) is 17.9 Å². The molecule has 0 saturated heterocycles. The molecule has 0 unspecified atom stereocenters. The minimum Gasteiger partial charge on any atom is -0.389 e. The highest BCUT2D eigenvalue weighted by molar-refractivity contribution is 5.97. The van der Waals surface area contributed by atoms with E-state index in [1.807, 2.05) is 0 Å². The molecular formula is C5H5N3O2. The first-order valence-electron chi connectivity index (χ1n) is 2.72. The van der Waals surface area contributed by atoms with Crippen LogP contribution in [0.5, 0.6) is 0 Å². The van der Waals surface area contributed by atoms with Gasteiger partial charge in [-0.15, -0.1) is 0 Å². The van der Waals surface area contributed by atoms with Gasteiger partial charge in [-0.25, -0.2) is 0 Å². The topological polar surface area (TPSA) is 86.1 Å². The average molecular weight is 139 g/mol. The van der Waals surface area contributed by atoms with Crippen molar-refractivity contribution < 1.29 is 9.90 Å². The molecule has 0 radical (unpaired) electrons. The fraction of sp³-hybridized carbons (Fsp3) is 0.400. The van der Waals surface area contributed by atoms with Gasteiger partial charge in [0.2, 0.25) is 0 Å². The summed E-state index contributed by atoms with van der Waals surface area (Å²) < 4.78 is 0. The summed E-state index contributed by atoms with van der Waals surface area (Å²) >= 11 is 0. The van der Waals surface area contributed by atoms with E-state index in [0.717, 1.165) is 0 Å². The van der Waals surface area contributed by atoms with Crippen molar-refractivity contribution in [2.75, 3.05) is 0 Å². The minimum absolute atomic E-state index is 0.0231. The van der Waals surface area contributed by atoms with Gasteiger partial charge < -0.3 is 5.11 Å². The van der Waals surface area contributed by atoms with Crippen LogP contribution in [0.2, 0.25) is 0 Å². The number of ketones is 1. The molecule has 1 rings (SSSR count). The lowest BCUT2D eigenvalue weighted by atomic mass is 10.3. The number of Topliss-reactive ketones (excluding diaryl/α,β-unsaturated/α-hetero) is 1. The molecule has 0 aromatic heterocycles. The molecule has 10 heavy (non-hydrogen) atoms. The molecule has 0 aliphatic heterocycles. The van der Waals surface area contributed by atoms with Crippen molar-refractivity contribution in [2.24, 2.45) is 5.11 Å². The largest absolute Gasteiger partial charge is 0.389 e. The fourth-order valence-electron chi connectivity index (χ4n) is 0.766. The van der Waals surface area contributed by atoms with Crippen molar-refractivity contribution in [1.29, 1.82) is 0 Å². The molecule has 1 aliphatic rings. The van der Waals surface area contributed by atoms with E-state index >= 15 is 0 Å². The summed E-state index contributed by atoms with van der Waals surface area (Å²) in [6, 6.07) is 0. The lowest BCUT2D eigenvalue weighted by Crippen LogP contribution is -2.00. The van der Waals surface area contributed by atoms with Gasteiger partial charge in [-0.2, -0.15) is 0 Å². The highest BCUT2D eigenvalue weighted by Gasteiger charge is 2.20. The number of allylic oxidation sites excluding steroid dienone is 1. The van der Waals surface area contributed by atoms with E-state index < -0.39 is 6.10 Å². The summed E-state index contributed by atoms with van der Waals surface area (Å²) in [5.74, 6) is -0.301. The second kappa shape index (κ2) is 2.51. The second-order valence-corrected chi connectivity index (χ2v) is 1.94. The molecule has 52 valence electrons. The first kappa shape index (κ1) is 6.80. The van der Waals surface area contributed by atoms with Crippen LogP contribution in [0.1, 0.15) is 6.42 Å². The quantitative estimate of drug-likeness (QED) is 0.326. The van der Waals surface area contributed by atoms with Gasteiger partial charge in [-0.1, -0.05) is 5.11 Å². The fourth-order valence-corrected chi connectivity index (χ4v) is 0.766. The maximum Gasteiger partial charge on any atom is 0.167 e. The highest BCUT2D eigenvalue weighted by Crippen LogP contribution is 2.15. The highest BCUT2D eigenvalue weighted by atomic mass is 16.3. The summed E-state index contributed by atoms with van der Waals surface area (Å²) in [7, 11) is 0. The van der Waals surface area contributed by atoms with Crippen LogP contribution in [-0.2, 0) is 4.79 Å². The summed E-state index contributed by atoms with van der Waals surface area (Å²) in [5, 5.41) is 11.9. The predicted octanol–water partition coefficient (Wildman–Crippen LogP) is 0.514. The van der Waals surface area contributed by atoms with Gasteiger partial charge in [0.05, 0.1) is 11.8 Å². The first-order valence-corrected chi connectivity index (χ1v) is 2.72. The van der Waals surface area contributed by atoms with E-state index in [9.17, 15) is 4.79 Å². The van der Waals surface area contributed by atoms with Crippen molar-refractivity contribution in [2.45, 2.75) is 12.5 Å². The molecule has 0 bridgehead atoms. The Kier molecular flexibility index (Phi) is 1.71. The Bertz CT molecular complexity index is 239. The molecule has 0 aromatic carbocycles. The van der Waals surface area contributed by atoms with Crippen molar-refractivity contribution in [3.8, 4) is 0 Å². The van der Waals surface area contributed by atoms with Crippen LogP contribution in [0, 0.1) is 0 Å². The molecule has 0 spiro atoms.